The van der Waals surface area contributed by atoms with Gasteiger partial charge in [-0.05, 0) is 23.6 Å². The zero-order chi connectivity index (χ0) is 13.6. The first-order valence-corrected chi connectivity index (χ1v) is 7.29. The van der Waals surface area contributed by atoms with Gasteiger partial charge in [-0.15, -0.1) is 0 Å². The number of hydrogen-bond donors (Lipinski definition) is 1. The molecule has 1 fully saturated rings. The first-order chi connectivity index (χ1) is 9.90. The monoisotopic (exact) mass is 267 g/mol. The Morgan fingerprint density at radius 3 is 2.75 bits per heavy atom. The van der Waals surface area contributed by atoms with Gasteiger partial charge in [0.05, 0.1) is 0 Å². The number of nitrogens with zero attached hydrogens (tertiary/aromatic N) is 2. The lowest BCUT2D eigenvalue weighted by atomic mass is 10.2. The topological polar surface area (TPSA) is 28.2 Å². The van der Waals surface area contributed by atoms with Gasteiger partial charge in [0.15, 0.2) is 0 Å². The molecule has 104 valence electrons. The van der Waals surface area contributed by atoms with Crippen molar-refractivity contribution in [1.29, 1.82) is 0 Å². The molecule has 0 saturated carbocycles. The molecular weight excluding hydrogens is 246 g/mol. The summed E-state index contributed by atoms with van der Waals surface area (Å²) in [6.07, 6.45) is 4.98. The number of aromatic nitrogens is 1. The van der Waals surface area contributed by atoms with E-state index >= 15 is 0 Å². The average molecular weight is 267 g/mol. The first-order valence-electron chi connectivity index (χ1n) is 7.29. The van der Waals surface area contributed by atoms with Crippen LogP contribution in [0.3, 0.4) is 0 Å². The molecule has 3 rings (SSSR count). The predicted molar refractivity (Wildman–Crippen MR) is 81.2 cm³/mol. The van der Waals surface area contributed by atoms with E-state index < -0.39 is 0 Å². The van der Waals surface area contributed by atoms with Crippen LogP contribution < -0.4 is 5.32 Å². The lowest BCUT2D eigenvalue weighted by molar-refractivity contribution is 0.320. The lowest BCUT2D eigenvalue weighted by Gasteiger charge is -2.16. The van der Waals surface area contributed by atoms with E-state index in [2.05, 4.69) is 51.6 Å². The zero-order valence-electron chi connectivity index (χ0n) is 11.7. The van der Waals surface area contributed by atoms with Gasteiger partial charge in [0.1, 0.15) is 0 Å². The minimum Gasteiger partial charge on any atom is -0.309 e. The molecule has 20 heavy (non-hydrogen) atoms. The van der Waals surface area contributed by atoms with Gasteiger partial charge >= 0.3 is 0 Å². The number of nitrogens with one attached hydrogen (secondary N) is 1. The van der Waals surface area contributed by atoms with Crippen molar-refractivity contribution in [3.63, 3.8) is 0 Å². The fraction of sp³-hybridized carbons (Fsp3) is 0.353. The van der Waals surface area contributed by atoms with Gasteiger partial charge in [-0.25, -0.2) is 0 Å². The molecule has 1 aromatic heterocycles. The highest BCUT2D eigenvalue weighted by Gasteiger charge is 2.21. The Balaban J connectivity index is 1.45. The van der Waals surface area contributed by atoms with Crippen LogP contribution in [-0.4, -0.2) is 29.0 Å². The summed E-state index contributed by atoms with van der Waals surface area (Å²) in [5.41, 5.74) is 2.66. The third-order valence-electron chi connectivity index (χ3n) is 3.84. The van der Waals surface area contributed by atoms with Crippen LogP contribution in [0.25, 0.3) is 0 Å². The molecule has 0 amide bonds. The first kappa shape index (κ1) is 13.3. The Hall–Kier alpha value is -1.71. The second-order valence-corrected chi connectivity index (χ2v) is 5.45. The van der Waals surface area contributed by atoms with Crippen LogP contribution in [-0.2, 0) is 13.1 Å². The quantitative estimate of drug-likeness (QED) is 0.902. The van der Waals surface area contributed by atoms with Crippen LogP contribution >= 0.6 is 0 Å². The predicted octanol–water partition coefficient (Wildman–Crippen LogP) is 2.45. The maximum Gasteiger partial charge on any atom is 0.0312 e. The molecule has 0 spiro atoms. The maximum atomic E-state index is 4.15. The van der Waals surface area contributed by atoms with Crippen LogP contribution in [0.1, 0.15) is 17.5 Å². The van der Waals surface area contributed by atoms with E-state index in [-0.39, 0.29) is 0 Å². The van der Waals surface area contributed by atoms with Gasteiger partial charge in [0, 0.05) is 44.6 Å². The second-order valence-electron chi connectivity index (χ2n) is 5.45. The molecule has 1 unspecified atom stereocenters. The average Bonchev–Trinajstić information content (AvgIpc) is 2.95. The molecule has 1 aliphatic heterocycles. The van der Waals surface area contributed by atoms with Crippen molar-refractivity contribution >= 4 is 0 Å². The molecule has 1 N–H and O–H groups in total. The summed E-state index contributed by atoms with van der Waals surface area (Å²) in [5, 5.41) is 3.63. The fourth-order valence-electron chi connectivity index (χ4n) is 2.75. The summed E-state index contributed by atoms with van der Waals surface area (Å²) >= 11 is 0. The van der Waals surface area contributed by atoms with Crippen molar-refractivity contribution in [1.82, 2.24) is 15.2 Å². The molecule has 1 atom stereocenters. The van der Waals surface area contributed by atoms with E-state index in [9.17, 15) is 0 Å². The lowest BCUT2D eigenvalue weighted by Crippen LogP contribution is -2.31. The SMILES string of the molecule is c1ccc(CN2CCC(NCc3cccnc3)C2)cc1. The summed E-state index contributed by atoms with van der Waals surface area (Å²) in [5.74, 6) is 0. The van der Waals surface area contributed by atoms with Crippen LogP contribution in [0.2, 0.25) is 0 Å². The van der Waals surface area contributed by atoms with Crippen LogP contribution in [0.5, 0.6) is 0 Å². The minimum absolute atomic E-state index is 0.596. The van der Waals surface area contributed by atoms with E-state index in [1.807, 2.05) is 18.5 Å². The maximum absolute atomic E-state index is 4.15. The Kier molecular flexibility index (Phi) is 4.41. The van der Waals surface area contributed by atoms with Gasteiger partial charge in [-0.2, -0.15) is 0 Å². The van der Waals surface area contributed by atoms with Crippen molar-refractivity contribution in [2.75, 3.05) is 13.1 Å². The van der Waals surface area contributed by atoms with Crippen molar-refractivity contribution in [2.24, 2.45) is 0 Å². The Morgan fingerprint density at radius 2 is 1.95 bits per heavy atom. The van der Waals surface area contributed by atoms with Gasteiger partial charge in [-0.3, -0.25) is 9.88 Å². The van der Waals surface area contributed by atoms with Crippen molar-refractivity contribution in [3.8, 4) is 0 Å². The summed E-state index contributed by atoms with van der Waals surface area (Å²) in [4.78, 5) is 6.67. The van der Waals surface area contributed by atoms with Crippen LogP contribution in [0, 0.1) is 0 Å². The Bertz CT molecular complexity index is 512. The number of benzene rings is 1. The highest BCUT2D eigenvalue weighted by molar-refractivity contribution is 5.14. The summed E-state index contributed by atoms with van der Waals surface area (Å²) < 4.78 is 0. The van der Waals surface area contributed by atoms with Gasteiger partial charge < -0.3 is 5.32 Å². The molecule has 0 bridgehead atoms. The number of hydrogen-bond acceptors (Lipinski definition) is 3. The van der Waals surface area contributed by atoms with E-state index in [1.165, 1.54) is 24.1 Å². The van der Waals surface area contributed by atoms with E-state index in [4.69, 9.17) is 0 Å². The molecule has 0 radical (unpaired) electrons. The number of likely N-dealkylation sites (tertiary alicyclic amines) is 1. The van der Waals surface area contributed by atoms with Crippen molar-refractivity contribution in [2.45, 2.75) is 25.6 Å². The molecular formula is C17H21N3. The molecule has 2 aromatic rings. The molecule has 1 aliphatic rings. The Morgan fingerprint density at radius 1 is 1.10 bits per heavy atom. The van der Waals surface area contributed by atoms with Gasteiger partial charge in [0.2, 0.25) is 0 Å². The van der Waals surface area contributed by atoms with E-state index in [0.29, 0.717) is 6.04 Å². The fourth-order valence-corrected chi connectivity index (χ4v) is 2.75. The minimum atomic E-state index is 0.596. The highest BCUT2D eigenvalue weighted by atomic mass is 15.2. The molecule has 2 heterocycles. The third-order valence-corrected chi connectivity index (χ3v) is 3.84. The van der Waals surface area contributed by atoms with Gasteiger partial charge in [0.25, 0.3) is 0 Å². The highest BCUT2D eigenvalue weighted by Crippen LogP contribution is 2.13. The van der Waals surface area contributed by atoms with Crippen LogP contribution in [0.15, 0.2) is 54.9 Å². The molecule has 3 nitrogen and oxygen atoms in total. The molecule has 0 aliphatic carbocycles. The smallest absolute Gasteiger partial charge is 0.0312 e. The third kappa shape index (κ3) is 3.65. The van der Waals surface area contributed by atoms with Crippen molar-refractivity contribution < 1.29 is 0 Å². The second kappa shape index (κ2) is 6.64. The summed E-state index contributed by atoms with van der Waals surface area (Å²) in [6.45, 7) is 4.29. The molecule has 1 saturated heterocycles. The largest absolute Gasteiger partial charge is 0.309 e. The van der Waals surface area contributed by atoms with E-state index in [0.717, 1.165) is 19.6 Å². The Labute approximate surface area is 120 Å². The molecule has 1 aromatic carbocycles. The summed E-state index contributed by atoms with van der Waals surface area (Å²) in [6, 6.07) is 15.4. The van der Waals surface area contributed by atoms with E-state index in [1.54, 1.807) is 0 Å². The number of pyridine rings is 1. The normalized spacial score (nSPS) is 19.3. The van der Waals surface area contributed by atoms with Gasteiger partial charge in [-0.1, -0.05) is 36.4 Å². The molecule has 3 heteroatoms. The number of rotatable bonds is 5. The summed E-state index contributed by atoms with van der Waals surface area (Å²) in [7, 11) is 0. The standard InChI is InChI=1S/C17H21N3/c1-2-5-15(6-3-1)13-20-10-8-17(14-20)19-12-16-7-4-9-18-11-16/h1-7,9,11,17,19H,8,10,12-14H2. The van der Waals surface area contributed by atoms with Crippen LogP contribution in [0.4, 0.5) is 0 Å². The van der Waals surface area contributed by atoms with Crippen molar-refractivity contribution in [3.05, 3.63) is 66.0 Å². The zero-order valence-corrected chi connectivity index (χ0v) is 11.7.